The van der Waals surface area contributed by atoms with Crippen molar-refractivity contribution < 1.29 is 13.2 Å². The monoisotopic (exact) mass is 352 g/mol. The molecule has 24 heavy (non-hydrogen) atoms. The number of fused-ring (bicyclic) bond motifs is 1. The molecule has 0 saturated carbocycles. The highest BCUT2D eigenvalue weighted by Crippen LogP contribution is 2.31. The van der Waals surface area contributed by atoms with Crippen LogP contribution in [-0.4, -0.2) is 58.5 Å². The molecule has 8 heteroatoms. The van der Waals surface area contributed by atoms with Gasteiger partial charge in [0.1, 0.15) is 0 Å². The Balaban J connectivity index is 1.76. The molecule has 0 unspecified atom stereocenters. The second-order valence-electron chi connectivity index (χ2n) is 6.45. The first-order valence-electron chi connectivity index (χ1n) is 8.24. The van der Waals surface area contributed by atoms with Gasteiger partial charge in [0.25, 0.3) is 0 Å². The van der Waals surface area contributed by atoms with Gasteiger partial charge in [0, 0.05) is 32.4 Å². The van der Waals surface area contributed by atoms with Crippen LogP contribution in [0.3, 0.4) is 0 Å². The fraction of sp³-hybridized carbons (Fsp3) is 0.562. The SMILES string of the molecule is CN(C)S(=O)(=O)c1ccc2c(c1)CCN2C(=O)NC1CCNCC1. The van der Waals surface area contributed by atoms with E-state index in [0.29, 0.717) is 13.0 Å². The predicted molar refractivity (Wildman–Crippen MR) is 92.8 cm³/mol. The molecular weight excluding hydrogens is 328 g/mol. The van der Waals surface area contributed by atoms with Crippen molar-refractivity contribution >= 4 is 21.7 Å². The average molecular weight is 352 g/mol. The second-order valence-corrected chi connectivity index (χ2v) is 8.61. The molecule has 2 aliphatic rings. The summed E-state index contributed by atoms with van der Waals surface area (Å²) in [6, 6.07) is 5.10. The van der Waals surface area contributed by atoms with Crippen LogP contribution in [0.15, 0.2) is 23.1 Å². The Morgan fingerprint density at radius 1 is 1.29 bits per heavy atom. The second kappa shape index (κ2) is 6.70. The molecule has 1 aromatic carbocycles. The molecule has 7 nitrogen and oxygen atoms in total. The van der Waals surface area contributed by atoms with E-state index in [9.17, 15) is 13.2 Å². The van der Waals surface area contributed by atoms with E-state index in [4.69, 9.17) is 0 Å². The third-order valence-electron chi connectivity index (χ3n) is 4.64. The summed E-state index contributed by atoms with van der Waals surface area (Å²) in [4.78, 5) is 14.5. The van der Waals surface area contributed by atoms with Gasteiger partial charge in [-0.3, -0.25) is 4.90 Å². The number of urea groups is 1. The van der Waals surface area contributed by atoms with Crippen molar-refractivity contribution in [2.45, 2.75) is 30.2 Å². The summed E-state index contributed by atoms with van der Waals surface area (Å²) in [5, 5.41) is 6.36. The van der Waals surface area contributed by atoms with Crippen LogP contribution in [0.1, 0.15) is 18.4 Å². The molecule has 0 radical (unpaired) electrons. The number of nitrogens with zero attached hydrogens (tertiary/aromatic N) is 2. The first-order chi connectivity index (χ1) is 11.4. The fourth-order valence-electron chi connectivity index (χ4n) is 3.18. The quantitative estimate of drug-likeness (QED) is 0.842. The highest BCUT2D eigenvalue weighted by atomic mass is 32.2. The number of carbonyl (C=O) groups excluding carboxylic acids is 1. The van der Waals surface area contributed by atoms with Gasteiger partial charge < -0.3 is 10.6 Å². The highest BCUT2D eigenvalue weighted by molar-refractivity contribution is 7.89. The molecule has 0 aliphatic carbocycles. The molecule has 2 heterocycles. The molecular formula is C16H24N4O3S. The first kappa shape index (κ1) is 17.2. The Morgan fingerprint density at radius 2 is 2.00 bits per heavy atom. The van der Waals surface area contributed by atoms with E-state index in [1.807, 2.05) is 0 Å². The van der Waals surface area contributed by atoms with E-state index in [1.54, 1.807) is 23.1 Å². The van der Waals surface area contributed by atoms with Crippen molar-refractivity contribution in [1.29, 1.82) is 0 Å². The van der Waals surface area contributed by atoms with Crippen LogP contribution >= 0.6 is 0 Å². The number of rotatable bonds is 3. The Bertz CT molecular complexity index is 727. The topological polar surface area (TPSA) is 81.8 Å². The number of anilines is 1. The lowest BCUT2D eigenvalue weighted by Gasteiger charge is -2.27. The lowest BCUT2D eigenvalue weighted by molar-refractivity contribution is 0.239. The predicted octanol–water partition coefficient (Wildman–Crippen LogP) is 0.761. The average Bonchev–Trinajstić information content (AvgIpc) is 2.98. The van der Waals surface area contributed by atoms with Gasteiger partial charge in [0.05, 0.1) is 4.90 Å². The maximum absolute atomic E-state index is 12.5. The third-order valence-corrected chi connectivity index (χ3v) is 6.45. The summed E-state index contributed by atoms with van der Waals surface area (Å²) in [6.45, 7) is 2.43. The van der Waals surface area contributed by atoms with Crippen molar-refractivity contribution in [3.05, 3.63) is 23.8 Å². The summed E-state index contributed by atoms with van der Waals surface area (Å²) in [6.07, 6.45) is 2.55. The molecule has 2 aliphatic heterocycles. The number of carbonyl (C=O) groups is 1. The molecule has 0 spiro atoms. The largest absolute Gasteiger partial charge is 0.335 e. The summed E-state index contributed by atoms with van der Waals surface area (Å²) < 4.78 is 25.7. The van der Waals surface area contributed by atoms with Gasteiger partial charge >= 0.3 is 6.03 Å². The minimum Gasteiger partial charge on any atom is -0.335 e. The Hall–Kier alpha value is -1.64. The zero-order chi connectivity index (χ0) is 17.3. The lowest BCUT2D eigenvalue weighted by atomic mass is 10.1. The summed E-state index contributed by atoms with van der Waals surface area (Å²) in [5.74, 6) is 0. The van der Waals surface area contributed by atoms with Gasteiger partial charge in [-0.15, -0.1) is 0 Å². The van der Waals surface area contributed by atoms with Crippen molar-refractivity contribution in [2.75, 3.05) is 38.6 Å². The van der Waals surface area contributed by atoms with Crippen molar-refractivity contribution in [2.24, 2.45) is 0 Å². The van der Waals surface area contributed by atoms with Crippen LogP contribution in [0, 0.1) is 0 Å². The van der Waals surface area contributed by atoms with E-state index in [2.05, 4.69) is 10.6 Å². The number of nitrogens with one attached hydrogen (secondary N) is 2. The number of hydrogen-bond acceptors (Lipinski definition) is 4. The Kier molecular flexibility index (Phi) is 4.80. The molecule has 1 fully saturated rings. The van der Waals surface area contributed by atoms with Gasteiger partial charge in [-0.1, -0.05) is 0 Å². The molecule has 3 rings (SSSR count). The van der Waals surface area contributed by atoms with Crippen LogP contribution in [0.25, 0.3) is 0 Å². The van der Waals surface area contributed by atoms with Gasteiger partial charge in [0.15, 0.2) is 0 Å². The minimum absolute atomic E-state index is 0.0936. The standard InChI is InChI=1S/C16H24N4O3S/c1-19(2)24(22,23)14-3-4-15-12(11-14)7-10-20(15)16(21)18-13-5-8-17-9-6-13/h3-4,11,13,17H,5-10H2,1-2H3,(H,18,21). The zero-order valence-electron chi connectivity index (χ0n) is 14.1. The van der Waals surface area contributed by atoms with Crippen molar-refractivity contribution in [1.82, 2.24) is 14.9 Å². The van der Waals surface area contributed by atoms with Crippen LogP contribution in [-0.2, 0) is 16.4 Å². The number of piperidine rings is 1. The van der Waals surface area contributed by atoms with E-state index >= 15 is 0 Å². The minimum atomic E-state index is -3.45. The Labute approximate surface area is 143 Å². The first-order valence-corrected chi connectivity index (χ1v) is 9.68. The molecule has 0 bridgehead atoms. The molecule has 2 N–H and O–H groups in total. The lowest BCUT2D eigenvalue weighted by Crippen LogP contribution is -2.48. The highest BCUT2D eigenvalue weighted by Gasteiger charge is 2.28. The number of hydrogen-bond donors (Lipinski definition) is 2. The van der Waals surface area contributed by atoms with Crippen LogP contribution in [0.5, 0.6) is 0 Å². The number of sulfonamides is 1. The maximum atomic E-state index is 12.5. The van der Waals surface area contributed by atoms with E-state index in [-0.39, 0.29) is 17.0 Å². The van der Waals surface area contributed by atoms with Crippen LogP contribution in [0.2, 0.25) is 0 Å². The van der Waals surface area contributed by atoms with Gasteiger partial charge in [-0.25, -0.2) is 17.5 Å². The smallest absolute Gasteiger partial charge is 0.322 e. The molecule has 132 valence electrons. The zero-order valence-corrected chi connectivity index (χ0v) is 14.9. The van der Waals surface area contributed by atoms with Crippen molar-refractivity contribution in [3.8, 4) is 0 Å². The van der Waals surface area contributed by atoms with Gasteiger partial charge in [-0.2, -0.15) is 0 Å². The molecule has 1 aromatic rings. The van der Waals surface area contributed by atoms with Crippen LogP contribution in [0.4, 0.5) is 10.5 Å². The number of amides is 2. The Morgan fingerprint density at radius 3 is 2.67 bits per heavy atom. The summed E-state index contributed by atoms with van der Waals surface area (Å²) >= 11 is 0. The van der Waals surface area contributed by atoms with E-state index in [1.165, 1.54) is 18.4 Å². The summed E-state index contributed by atoms with van der Waals surface area (Å²) in [7, 11) is -0.421. The van der Waals surface area contributed by atoms with Crippen LogP contribution < -0.4 is 15.5 Å². The molecule has 0 aromatic heterocycles. The fourth-order valence-corrected chi connectivity index (χ4v) is 4.13. The normalized spacial score (nSPS) is 18.7. The molecule has 1 saturated heterocycles. The van der Waals surface area contributed by atoms with Crippen molar-refractivity contribution in [3.63, 3.8) is 0 Å². The number of benzene rings is 1. The van der Waals surface area contributed by atoms with Gasteiger partial charge in [0.2, 0.25) is 10.0 Å². The maximum Gasteiger partial charge on any atom is 0.322 e. The molecule has 0 atom stereocenters. The van der Waals surface area contributed by atoms with E-state index in [0.717, 1.165) is 37.2 Å². The summed E-state index contributed by atoms with van der Waals surface area (Å²) in [5.41, 5.74) is 1.71. The molecule has 2 amide bonds. The van der Waals surface area contributed by atoms with E-state index < -0.39 is 10.0 Å². The van der Waals surface area contributed by atoms with Gasteiger partial charge in [-0.05, 0) is 56.1 Å². The third kappa shape index (κ3) is 3.26.